The summed E-state index contributed by atoms with van der Waals surface area (Å²) in [6.45, 7) is 2.26. The van der Waals surface area contributed by atoms with E-state index in [4.69, 9.17) is 4.74 Å². The summed E-state index contributed by atoms with van der Waals surface area (Å²) in [5, 5.41) is 11.4. The van der Waals surface area contributed by atoms with Gasteiger partial charge in [0.1, 0.15) is 12.2 Å². The second kappa shape index (κ2) is 8.41. The molecular formula is C26H26F3N5O2. The van der Waals surface area contributed by atoms with Gasteiger partial charge in [-0.1, -0.05) is 12.1 Å². The maximum absolute atomic E-state index is 14.1. The van der Waals surface area contributed by atoms with Crippen molar-refractivity contribution in [1.82, 2.24) is 20.1 Å². The number of hydrogen-bond acceptors (Lipinski definition) is 5. The van der Waals surface area contributed by atoms with Crippen molar-refractivity contribution in [2.24, 2.45) is 7.05 Å². The number of rotatable bonds is 5. The minimum atomic E-state index is -4.53. The predicted octanol–water partition coefficient (Wildman–Crippen LogP) is 3.58. The van der Waals surface area contributed by atoms with Crippen LogP contribution in [0.1, 0.15) is 50.8 Å². The molecule has 6 rings (SSSR count). The van der Waals surface area contributed by atoms with Crippen molar-refractivity contribution in [1.29, 1.82) is 0 Å². The number of alkyl halides is 3. The number of benzene rings is 2. The van der Waals surface area contributed by atoms with Crippen LogP contribution in [0.25, 0.3) is 0 Å². The molecule has 36 heavy (non-hydrogen) atoms. The van der Waals surface area contributed by atoms with Gasteiger partial charge in [-0.05, 0) is 59.8 Å². The highest BCUT2D eigenvalue weighted by Gasteiger charge is 2.44. The summed E-state index contributed by atoms with van der Waals surface area (Å²) in [7, 11) is 1.88. The molecule has 2 fully saturated rings. The molecule has 10 heteroatoms. The number of aromatic nitrogens is 3. The molecule has 1 amide bonds. The van der Waals surface area contributed by atoms with Crippen molar-refractivity contribution in [3.8, 4) is 0 Å². The number of nitrogens with zero attached hydrogens (tertiary/aromatic N) is 4. The highest BCUT2D eigenvalue weighted by molar-refractivity contribution is 6.10. The monoisotopic (exact) mass is 497 g/mol. The molecule has 0 saturated carbocycles. The Morgan fingerprint density at radius 3 is 2.69 bits per heavy atom. The number of hydrogen-bond donors (Lipinski definition) is 1. The lowest BCUT2D eigenvalue weighted by Gasteiger charge is -2.42. The summed E-state index contributed by atoms with van der Waals surface area (Å²) >= 11 is 0. The van der Waals surface area contributed by atoms with Gasteiger partial charge in [0.25, 0.3) is 5.91 Å². The van der Waals surface area contributed by atoms with Gasteiger partial charge in [0.05, 0.1) is 25.3 Å². The SMILES string of the molecule is Cn1cnnc1CC1(c2cccc(N3Cc4c(cc(C5CCNC5)cc4C(F)(F)F)C3=O)c2)COC1. The fourth-order valence-electron chi connectivity index (χ4n) is 5.56. The number of ether oxygens (including phenoxy) is 1. The van der Waals surface area contributed by atoms with Crippen molar-refractivity contribution in [3.05, 3.63) is 76.4 Å². The molecule has 0 spiro atoms. The van der Waals surface area contributed by atoms with Crippen LogP contribution < -0.4 is 10.2 Å². The van der Waals surface area contributed by atoms with E-state index in [0.29, 0.717) is 37.4 Å². The highest BCUT2D eigenvalue weighted by atomic mass is 19.4. The Bertz CT molecular complexity index is 1330. The summed E-state index contributed by atoms with van der Waals surface area (Å²) in [5.41, 5.74) is 1.28. The number of halogens is 3. The van der Waals surface area contributed by atoms with Gasteiger partial charge >= 0.3 is 6.18 Å². The van der Waals surface area contributed by atoms with E-state index in [1.54, 1.807) is 18.5 Å². The van der Waals surface area contributed by atoms with Gasteiger partial charge in [0, 0.05) is 36.7 Å². The third-order valence-corrected chi connectivity index (χ3v) is 7.73. The molecule has 3 aliphatic rings. The Morgan fingerprint density at radius 1 is 1.22 bits per heavy atom. The van der Waals surface area contributed by atoms with Gasteiger partial charge in [0.2, 0.25) is 0 Å². The summed E-state index contributed by atoms with van der Waals surface area (Å²) in [4.78, 5) is 14.9. The Morgan fingerprint density at radius 2 is 2.06 bits per heavy atom. The molecule has 1 aromatic heterocycles. The zero-order chi connectivity index (χ0) is 25.1. The van der Waals surface area contributed by atoms with Crippen LogP contribution in [0.15, 0.2) is 42.7 Å². The van der Waals surface area contributed by atoms with Crippen LogP contribution in [0.4, 0.5) is 18.9 Å². The third-order valence-electron chi connectivity index (χ3n) is 7.73. The smallest absolute Gasteiger partial charge is 0.379 e. The number of fused-ring (bicyclic) bond motifs is 1. The van der Waals surface area contributed by atoms with Crippen molar-refractivity contribution in [2.45, 2.75) is 36.9 Å². The molecular weight excluding hydrogens is 471 g/mol. The molecule has 1 N–H and O–H groups in total. The van der Waals surface area contributed by atoms with Crippen molar-refractivity contribution in [3.63, 3.8) is 0 Å². The molecule has 2 saturated heterocycles. The molecule has 1 unspecified atom stereocenters. The molecule has 0 bridgehead atoms. The van der Waals surface area contributed by atoms with Gasteiger partial charge < -0.3 is 19.5 Å². The number of amides is 1. The van der Waals surface area contributed by atoms with Gasteiger partial charge in [-0.2, -0.15) is 13.2 Å². The standard InChI is InChI=1S/C26H26F3N5O2/c1-33-15-31-32-23(33)10-25(13-36-14-25)18-3-2-4-19(9-18)34-12-21-20(24(34)35)7-17(16-5-6-30-11-16)8-22(21)26(27,28)29/h2-4,7-9,15-16,30H,5-6,10-14H2,1H3. The lowest BCUT2D eigenvalue weighted by molar-refractivity contribution is -0.138. The molecule has 4 heterocycles. The lowest BCUT2D eigenvalue weighted by atomic mass is 9.75. The average molecular weight is 498 g/mol. The topological polar surface area (TPSA) is 72.3 Å². The van der Waals surface area contributed by atoms with Crippen LogP contribution in [0, 0.1) is 0 Å². The van der Waals surface area contributed by atoms with Crippen molar-refractivity contribution < 1.29 is 22.7 Å². The summed E-state index contributed by atoms with van der Waals surface area (Å²) < 4.78 is 49.7. The van der Waals surface area contributed by atoms with Crippen LogP contribution in [0.5, 0.6) is 0 Å². The van der Waals surface area contributed by atoms with E-state index < -0.39 is 17.6 Å². The number of carbonyl (C=O) groups is 1. The number of anilines is 1. The maximum Gasteiger partial charge on any atom is 0.416 e. The lowest BCUT2D eigenvalue weighted by Crippen LogP contribution is -2.49. The Labute approximate surface area is 206 Å². The fraction of sp³-hybridized carbons (Fsp3) is 0.423. The summed E-state index contributed by atoms with van der Waals surface area (Å²) in [5.74, 6) is 0.394. The quantitative estimate of drug-likeness (QED) is 0.584. The van der Waals surface area contributed by atoms with E-state index in [0.717, 1.165) is 24.4 Å². The molecule has 7 nitrogen and oxygen atoms in total. The number of aryl methyl sites for hydroxylation is 1. The van der Waals surface area contributed by atoms with Gasteiger partial charge in [-0.15, -0.1) is 10.2 Å². The first kappa shape index (κ1) is 23.2. The Hall–Kier alpha value is -3.24. The zero-order valence-corrected chi connectivity index (χ0v) is 19.8. The molecule has 3 aliphatic heterocycles. The number of carbonyl (C=O) groups excluding carboxylic acids is 1. The van der Waals surface area contributed by atoms with Gasteiger partial charge in [-0.3, -0.25) is 4.79 Å². The first-order valence-electron chi connectivity index (χ1n) is 12.0. The summed E-state index contributed by atoms with van der Waals surface area (Å²) in [6.07, 6.45) is -1.52. The molecule has 188 valence electrons. The van der Waals surface area contributed by atoms with Crippen LogP contribution in [-0.2, 0) is 36.3 Å². The Balaban J connectivity index is 1.35. The zero-order valence-electron chi connectivity index (χ0n) is 19.8. The van der Waals surface area contributed by atoms with Gasteiger partial charge in [0.15, 0.2) is 0 Å². The van der Waals surface area contributed by atoms with Crippen molar-refractivity contribution in [2.75, 3.05) is 31.2 Å². The summed E-state index contributed by atoms with van der Waals surface area (Å²) in [6, 6.07) is 10.4. The second-order valence-corrected chi connectivity index (χ2v) is 10.0. The van der Waals surface area contributed by atoms with Crippen LogP contribution in [0.3, 0.4) is 0 Å². The molecule has 3 aromatic rings. The fourth-order valence-corrected chi connectivity index (χ4v) is 5.56. The van der Waals surface area contributed by atoms with E-state index in [1.165, 1.54) is 11.0 Å². The Kier molecular flexibility index (Phi) is 5.42. The van der Waals surface area contributed by atoms with Crippen LogP contribution in [0.2, 0.25) is 0 Å². The second-order valence-electron chi connectivity index (χ2n) is 10.0. The highest BCUT2D eigenvalue weighted by Crippen LogP contribution is 2.42. The van der Waals surface area contributed by atoms with E-state index in [9.17, 15) is 18.0 Å². The van der Waals surface area contributed by atoms with E-state index in [-0.39, 0.29) is 29.0 Å². The molecule has 1 atom stereocenters. The van der Waals surface area contributed by atoms with E-state index >= 15 is 0 Å². The first-order chi connectivity index (χ1) is 17.2. The van der Waals surface area contributed by atoms with E-state index in [2.05, 4.69) is 15.5 Å². The molecule has 2 aromatic carbocycles. The third kappa shape index (κ3) is 3.79. The molecule has 0 aliphatic carbocycles. The largest absolute Gasteiger partial charge is 0.416 e. The van der Waals surface area contributed by atoms with Gasteiger partial charge in [-0.25, -0.2) is 0 Å². The normalized spacial score (nSPS) is 21.1. The number of nitrogens with one attached hydrogen (secondary N) is 1. The minimum absolute atomic E-state index is 0.0272. The first-order valence-corrected chi connectivity index (χ1v) is 12.0. The van der Waals surface area contributed by atoms with Crippen LogP contribution in [-0.4, -0.2) is 47.0 Å². The van der Waals surface area contributed by atoms with Crippen LogP contribution >= 0.6 is 0 Å². The molecule has 0 radical (unpaired) electrons. The maximum atomic E-state index is 14.1. The van der Waals surface area contributed by atoms with E-state index in [1.807, 2.05) is 29.8 Å². The van der Waals surface area contributed by atoms with Crippen molar-refractivity contribution >= 4 is 11.6 Å². The average Bonchev–Trinajstić information content (AvgIpc) is 3.57. The minimum Gasteiger partial charge on any atom is -0.379 e. The predicted molar refractivity (Wildman–Crippen MR) is 126 cm³/mol.